The molecule has 0 bridgehead atoms. The Morgan fingerprint density at radius 1 is 1.10 bits per heavy atom. The summed E-state index contributed by atoms with van der Waals surface area (Å²) in [5.74, 6) is 0. The van der Waals surface area contributed by atoms with Gasteiger partial charge in [0.15, 0.2) is 0 Å². The van der Waals surface area contributed by atoms with Gasteiger partial charge in [0.25, 0.3) is 0 Å². The molecule has 0 amide bonds. The van der Waals surface area contributed by atoms with Crippen LogP contribution in [0.5, 0.6) is 0 Å². The third kappa shape index (κ3) is 4.66. The van der Waals surface area contributed by atoms with Gasteiger partial charge in [-0.3, -0.25) is 5.21 Å². The standard InChI is InChI=1S/C18H21NOS/c1-14-8-9-15(2)17(12-14)10-11-18(21)19(20)13-16-6-4-3-5-7-16/h3-9,12,20H,10-11,13H2,1-2H3. The second-order valence-electron chi connectivity index (χ2n) is 5.37. The Balaban J connectivity index is 1.91. The van der Waals surface area contributed by atoms with Gasteiger partial charge in [0.2, 0.25) is 0 Å². The zero-order valence-corrected chi connectivity index (χ0v) is 13.4. The van der Waals surface area contributed by atoms with Gasteiger partial charge in [-0.05, 0) is 37.0 Å². The summed E-state index contributed by atoms with van der Waals surface area (Å²) in [5.41, 5.74) is 4.88. The predicted octanol–water partition coefficient (Wildman–Crippen LogP) is 4.45. The lowest BCUT2D eigenvalue weighted by atomic mass is 10.0. The third-order valence-corrected chi connectivity index (χ3v) is 3.99. The lowest BCUT2D eigenvalue weighted by Gasteiger charge is -2.18. The number of hydrogen-bond donors (Lipinski definition) is 1. The molecule has 0 heterocycles. The highest BCUT2D eigenvalue weighted by Gasteiger charge is 2.08. The topological polar surface area (TPSA) is 23.5 Å². The molecule has 0 spiro atoms. The van der Waals surface area contributed by atoms with Crippen molar-refractivity contribution >= 4 is 17.2 Å². The zero-order valence-electron chi connectivity index (χ0n) is 12.5. The monoisotopic (exact) mass is 299 g/mol. The van der Waals surface area contributed by atoms with Gasteiger partial charge >= 0.3 is 0 Å². The van der Waals surface area contributed by atoms with Crippen LogP contribution in [0.3, 0.4) is 0 Å². The Morgan fingerprint density at radius 2 is 1.81 bits per heavy atom. The summed E-state index contributed by atoms with van der Waals surface area (Å²) in [6, 6.07) is 16.3. The predicted molar refractivity (Wildman–Crippen MR) is 90.6 cm³/mol. The molecule has 21 heavy (non-hydrogen) atoms. The number of nitrogens with zero attached hydrogens (tertiary/aromatic N) is 1. The highest BCUT2D eigenvalue weighted by Crippen LogP contribution is 2.14. The van der Waals surface area contributed by atoms with E-state index in [0.29, 0.717) is 18.0 Å². The van der Waals surface area contributed by atoms with Crippen molar-refractivity contribution in [1.29, 1.82) is 0 Å². The van der Waals surface area contributed by atoms with Crippen LogP contribution >= 0.6 is 12.2 Å². The van der Waals surface area contributed by atoms with Gasteiger partial charge < -0.3 is 0 Å². The average molecular weight is 299 g/mol. The molecule has 2 aromatic rings. The molecule has 2 nitrogen and oxygen atoms in total. The Kier molecular flexibility index (Phi) is 5.48. The van der Waals surface area contributed by atoms with Crippen molar-refractivity contribution in [3.63, 3.8) is 0 Å². The molecular weight excluding hydrogens is 278 g/mol. The molecule has 0 aliphatic rings. The van der Waals surface area contributed by atoms with Crippen LogP contribution in [-0.2, 0) is 13.0 Å². The third-order valence-electron chi connectivity index (χ3n) is 3.58. The van der Waals surface area contributed by atoms with Crippen LogP contribution in [0.2, 0.25) is 0 Å². The highest BCUT2D eigenvalue weighted by atomic mass is 32.1. The maximum atomic E-state index is 10.1. The second-order valence-corrected chi connectivity index (χ2v) is 5.84. The van der Waals surface area contributed by atoms with Crippen LogP contribution in [0.25, 0.3) is 0 Å². The first-order valence-electron chi connectivity index (χ1n) is 7.15. The summed E-state index contributed by atoms with van der Waals surface area (Å²) in [4.78, 5) is 0.583. The van der Waals surface area contributed by atoms with E-state index in [0.717, 1.165) is 12.0 Å². The molecule has 0 unspecified atom stereocenters. The molecule has 3 heteroatoms. The smallest absolute Gasteiger partial charge is 0.104 e. The van der Waals surface area contributed by atoms with Gasteiger partial charge in [0.05, 0.1) is 6.54 Å². The van der Waals surface area contributed by atoms with E-state index in [2.05, 4.69) is 32.0 Å². The van der Waals surface area contributed by atoms with Crippen molar-refractivity contribution in [2.45, 2.75) is 33.2 Å². The van der Waals surface area contributed by atoms with Gasteiger partial charge in [-0.25, -0.2) is 5.06 Å². The van der Waals surface area contributed by atoms with Gasteiger partial charge in [-0.1, -0.05) is 66.3 Å². The van der Waals surface area contributed by atoms with Gasteiger partial charge in [-0.2, -0.15) is 0 Å². The van der Waals surface area contributed by atoms with Gasteiger partial charge in [-0.15, -0.1) is 0 Å². The van der Waals surface area contributed by atoms with Crippen molar-refractivity contribution < 1.29 is 5.21 Å². The minimum Gasteiger partial charge on any atom is -0.288 e. The fraction of sp³-hybridized carbons (Fsp3) is 0.278. The molecule has 0 aliphatic heterocycles. The Morgan fingerprint density at radius 3 is 2.52 bits per heavy atom. The van der Waals surface area contributed by atoms with E-state index in [9.17, 15) is 5.21 Å². The highest BCUT2D eigenvalue weighted by molar-refractivity contribution is 7.80. The fourth-order valence-electron chi connectivity index (χ4n) is 2.28. The van der Waals surface area contributed by atoms with E-state index in [-0.39, 0.29) is 0 Å². The fourth-order valence-corrected chi connectivity index (χ4v) is 2.45. The number of aryl methyl sites for hydroxylation is 3. The number of hydroxylamine groups is 2. The SMILES string of the molecule is Cc1ccc(C)c(CCC(=S)N(O)Cc2ccccc2)c1. The van der Waals surface area contributed by atoms with E-state index >= 15 is 0 Å². The van der Waals surface area contributed by atoms with Crippen molar-refractivity contribution in [1.82, 2.24) is 5.06 Å². The molecule has 1 N–H and O–H groups in total. The molecule has 0 saturated carbocycles. The van der Waals surface area contributed by atoms with Crippen LogP contribution in [-0.4, -0.2) is 15.3 Å². The van der Waals surface area contributed by atoms with Crippen LogP contribution in [0, 0.1) is 13.8 Å². The van der Waals surface area contributed by atoms with E-state index in [4.69, 9.17) is 12.2 Å². The average Bonchev–Trinajstić information content (AvgIpc) is 2.49. The summed E-state index contributed by atoms with van der Waals surface area (Å²) in [7, 11) is 0. The minimum atomic E-state index is 0.437. The lowest BCUT2D eigenvalue weighted by molar-refractivity contribution is -0.0219. The first-order chi connectivity index (χ1) is 10.1. The largest absolute Gasteiger partial charge is 0.288 e. The number of hydrogen-bond acceptors (Lipinski definition) is 2. The van der Waals surface area contributed by atoms with Crippen LogP contribution < -0.4 is 0 Å². The van der Waals surface area contributed by atoms with Crippen LogP contribution in [0.15, 0.2) is 48.5 Å². The first-order valence-corrected chi connectivity index (χ1v) is 7.56. The molecule has 0 aromatic heterocycles. The summed E-state index contributed by atoms with van der Waals surface area (Å²) < 4.78 is 0. The van der Waals surface area contributed by atoms with Crippen LogP contribution in [0.1, 0.15) is 28.7 Å². The maximum Gasteiger partial charge on any atom is 0.104 e. The molecule has 2 rings (SSSR count). The lowest BCUT2D eigenvalue weighted by Crippen LogP contribution is -2.25. The van der Waals surface area contributed by atoms with E-state index in [1.165, 1.54) is 21.8 Å². The van der Waals surface area contributed by atoms with Crippen LogP contribution in [0.4, 0.5) is 0 Å². The Labute approximate surface area is 132 Å². The van der Waals surface area contributed by atoms with Gasteiger partial charge in [0, 0.05) is 6.42 Å². The molecular formula is C18H21NOS. The van der Waals surface area contributed by atoms with Crippen molar-refractivity contribution in [3.05, 3.63) is 70.8 Å². The summed E-state index contributed by atoms with van der Waals surface area (Å²) >= 11 is 5.33. The van der Waals surface area contributed by atoms with E-state index < -0.39 is 0 Å². The number of benzene rings is 2. The number of thiocarbonyl (C=S) groups is 1. The molecule has 0 fully saturated rings. The molecule has 0 saturated heterocycles. The molecule has 0 atom stereocenters. The van der Waals surface area contributed by atoms with Crippen molar-refractivity contribution in [2.24, 2.45) is 0 Å². The Hall–Kier alpha value is -1.71. The minimum absolute atomic E-state index is 0.437. The second kappa shape index (κ2) is 7.34. The van der Waals surface area contributed by atoms with Crippen molar-refractivity contribution in [2.75, 3.05) is 0 Å². The number of rotatable bonds is 5. The molecule has 0 aliphatic carbocycles. The normalized spacial score (nSPS) is 10.4. The summed E-state index contributed by atoms with van der Waals surface area (Å²) in [5, 5.41) is 11.2. The maximum absolute atomic E-state index is 10.1. The Bertz CT molecular complexity index is 610. The first kappa shape index (κ1) is 15.7. The molecule has 110 valence electrons. The van der Waals surface area contributed by atoms with E-state index in [1.807, 2.05) is 30.3 Å². The van der Waals surface area contributed by atoms with E-state index in [1.54, 1.807) is 0 Å². The van der Waals surface area contributed by atoms with Crippen molar-refractivity contribution in [3.8, 4) is 0 Å². The molecule has 2 aromatic carbocycles. The van der Waals surface area contributed by atoms with Gasteiger partial charge in [0.1, 0.15) is 4.99 Å². The summed E-state index contributed by atoms with van der Waals surface area (Å²) in [6.45, 7) is 4.64. The quantitative estimate of drug-likeness (QED) is 0.651. The molecule has 0 radical (unpaired) electrons. The summed E-state index contributed by atoms with van der Waals surface area (Å²) in [6.07, 6.45) is 1.54. The zero-order chi connectivity index (χ0) is 15.2.